The fourth-order valence-electron chi connectivity index (χ4n) is 5.16. The maximum absolute atomic E-state index is 2.53. The van der Waals surface area contributed by atoms with Gasteiger partial charge in [0.2, 0.25) is 0 Å². The first kappa shape index (κ1) is 20.9. The fraction of sp³-hybridized carbons (Fsp3) is 0.464. The molecule has 3 aromatic rings. The summed E-state index contributed by atoms with van der Waals surface area (Å²) in [5, 5.41) is 0. The monoisotopic (exact) mass is 401 g/mol. The average molecular weight is 402 g/mol. The van der Waals surface area contributed by atoms with Crippen molar-refractivity contribution >= 4 is 0 Å². The molecule has 0 unspecified atom stereocenters. The molecule has 0 saturated heterocycles. The maximum Gasteiger partial charge on any atom is 0.294 e. The van der Waals surface area contributed by atoms with Crippen molar-refractivity contribution in [2.24, 2.45) is 7.05 Å². The Labute approximate surface area is 182 Å². The van der Waals surface area contributed by atoms with E-state index in [-0.39, 0.29) is 0 Å². The zero-order chi connectivity index (χ0) is 21.4. The highest BCUT2D eigenvalue weighted by Crippen LogP contribution is 2.40. The minimum Gasteiger partial charge on any atom is -0.232 e. The van der Waals surface area contributed by atoms with Crippen molar-refractivity contribution in [2.45, 2.75) is 78.1 Å². The molecule has 2 heteroatoms. The van der Waals surface area contributed by atoms with Crippen LogP contribution in [0, 0.1) is 6.92 Å². The molecule has 0 radical (unpaired) electrons. The van der Waals surface area contributed by atoms with E-state index in [1.165, 1.54) is 59.4 Å². The Kier molecular flexibility index (Phi) is 5.86. The van der Waals surface area contributed by atoms with E-state index < -0.39 is 0 Å². The van der Waals surface area contributed by atoms with Crippen LogP contribution in [0.25, 0.3) is 17.1 Å². The number of rotatable bonds is 5. The van der Waals surface area contributed by atoms with Crippen LogP contribution in [0.2, 0.25) is 0 Å². The zero-order valence-electron chi connectivity index (χ0n) is 19.6. The summed E-state index contributed by atoms with van der Waals surface area (Å²) in [4.78, 5) is 0. The lowest BCUT2D eigenvalue weighted by Crippen LogP contribution is -2.29. The average Bonchev–Trinajstić information content (AvgIpc) is 3.37. The molecular formula is C28H37N2+. The van der Waals surface area contributed by atoms with Gasteiger partial charge in [-0.15, -0.1) is 0 Å². The van der Waals surface area contributed by atoms with Crippen LogP contribution in [-0.2, 0) is 7.05 Å². The summed E-state index contributed by atoms with van der Waals surface area (Å²) in [5.74, 6) is 2.96. The molecule has 1 heterocycles. The van der Waals surface area contributed by atoms with E-state index in [2.05, 4.69) is 99.6 Å². The second kappa shape index (κ2) is 8.41. The Morgan fingerprint density at radius 1 is 0.933 bits per heavy atom. The SMILES string of the molecule is Cc1ccccc1-c1n(-c2c(C(C)C)cc(C3CCCC3)cc2C(C)C)cc[n+]1C. The van der Waals surface area contributed by atoms with Gasteiger partial charge in [-0.3, -0.25) is 0 Å². The van der Waals surface area contributed by atoms with Gasteiger partial charge in [-0.05, 0) is 54.7 Å². The van der Waals surface area contributed by atoms with Crippen LogP contribution in [0.4, 0.5) is 0 Å². The van der Waals surface area contributed by atoms with E-state index in [1.54, 1.807) is 5.56 Å². The highest BCUT2D eigenvalue weighted by atomic mass is 15.1. The number of hydrogen-bond acceptors (Lipinski definition) is 0. The molecule has 4 rings (SSSR count). The van der Waals surface area contributed by atoms with Gasteiger partial charge in [0, 0.05) is 11.1 Å². The van der Waals surface area contributed by atoms with Gasteiger partial charge in [-0.25, -0.2) is 4.57 Å². The molecule has 1 aliphatic rings. The van der Waals surface area contributed by atoms with Crippen LogP contribution >= 0.6 is 0 Å². The summed E-state index contributed by atoms with van der Waals surface area (Å²) in [6.07, 6.45) is 9.91. The van der Waals surface area contributed by atoms with Crippen LogP contribution in [0.5, 0.6) is 0 Å². The van der Waals surface area contributed by atoms with Crippen molar-refractivity contribution in [2.75, 3.05) is 0 Å². The van der Waals surface area contributed by atoms with Crippen LogP contribution in [-0.4, -0.2) is 4.57 Å². The fourth-order valence-corrected chi connectivity index (χ4v) is 5.16. The summed E-state index contributed by atoms with van der Waals surface area (Å²) in [6, 6.07) is 13.8. The standard InChI is InChI=1S/C28H37N2/c1-19(2)25-17-23(22-12-8-9-13-22)18-26(20(3)4)27(25)30-16-15-29(6)28(30)24-14-10-7-11-21(24)5/h7,10-11,14-20,22H,8-9,12-13H2,1-6H3/q+1. The van der Waals surface area contributed by atoms with Gasteiger partial charge in [0.25, 0.3) is 5.82 Å². The predicted molar refractivity (Wildman–Crippen MR) is 127 cm³/mol. The zero-order valence-corrected chi connectivity index (χ0v) is 19.6. The molecule has 1 saturated carbocycles. The molecule has 0 spiro atoms. The normalized spacial score (nSPS) is 14.9. The molecule has 1 fully saturated rings. The lowest BCUT2D eigenvalue weighted by molar-refractivity contribution is -0.659. The highest BCUT2D eigenvalue weighted by molar-refractivity contribution is 5.63. The Morgan fingerprint density at radius 3 is 2.10 bits per heavy atom. The summed E-state index contributed by atoms with van der Waals surface area (Å²) in [6.45, 7) is 11.6. The first-order valence-electron chi connectivity index (χ1n) is 11.7. The van der Waals surface area contributed by atoms with Gasteiger partial charge in [0.15, 0.2) is 0 Å². The minimum atomic E-state index is 0.483. The van der Waals surface area contributed by atoms with Gasteiger partial charge in [0.05, 0.1) is 12.6 Å². The van der Waals surface area contributed by atoms with E-state index in [0.29, 0.717) is 11.8 Å². The first-order valence-corrected chi connectivity index (χ1v) is 11.7. The molecule has 0 amide bonds. The molecule has 0 atom stereocenters. The number of hydrogen-bond donors (Lipinski definition) is 0. The molecule has 2 aromatic carbocycles. The third-order valence-corrected chi connectivity index (χ3v) is 6.89. The number of aromatic nitrogens is 2. The van der Waals surface area contributed by atoms with Gasteiger partial charge in [0.1, 0.15) is 18.1 Å². The Hall–Kier alpha value is -2.35. The van der Waals surface area contributed by atoms with E-state index in [9.17, 15) is 0 Å². The lowest BCUT2D eigenvalue weighted by atomic mass is 9.85. The number of nitrogens with zero attached hydrogens (tertiary/aromatic N) is 2. The molecular weight excluding hydrogens is 364 g/mol. The molecule has 0 bridgehead atoms. The maximum atomic E-state index is 2.53. The smallest absolute Gasteiger partial charge is 0.232 e. The van der Waals surface area contributed by atoms with Gasteiger partial charge in [-0.1, -0.05) is 70.9 Å². The van der Waals surface area contributed by atoms with E-state index >= 15 is 0 Å². The number of aryl methyl sites for hydroxylation is 2. The second-order valence-electron chi connectivity index (χ2n) is 9.76. The quantitative estimate of drug-likeness (QED) is 0.400. The second-order valence-corrected chi connectivity index (χ2v) is 9.76. The molecule has 30 heavy (non-hydrogen) atoms. The largest absolute Gasteiger partial charge is 0.294 e. The van der Waals surface area contributed by atoms with E-state index in [4.69, 9.17) is 0 Å². The third kappa shape index (κ3) is 3.73. The van der Waals surface area contributed by atoms with Crippen LogP contribution in [0.3, 0.4) is 0 Å². The summed E-state index contributed by atoms with van der Waals surface area (Å²) < 4.78 is 4.72. The van der Waals surface area contributed by atoms with Crippen LogP contribution in [0.15, 0.2) is 48.8 Å². The van der Waals surface area contributed by atoms with Crippen LogP contribution < -0.4 is 4.57 Å². The molecule has 1 aliphatic carbocycles. The molecule has 0 N–H and O–H groups in total. The molecule has 0 aliphatic heterocycles. The summed E-state index contributed by atoms with van der Waals surface area (Å²) >= 11 is 0. The minimum absolute atomic E-state index is 0.483. The Bertz CT molecular complexity index is 1000. The van der Waals surface area contributed by atoms with Crippen molar-refractivity contribution < 1.29 is 4.57 Å². The van der Waals surface area contributed by atoms with Crippen molar-refractivity contribution in [1.29, 1.82) is 0 Å². The van der Waals surface area contributed by atoms with Crippen molar-refractivity contribution in [3.05, 3.63) is 71.0 Å². The first-order chi connectivity index (χ1) is 14.4. The van der Waals surface area contributed by atoms with Gasteiger partial charge < -0.3 is 0 Å². The van der Waals surface area contributed by atoms with Crippen molar-refractivity contribution in [1.82, 2.24) is 4.57 Å². The Balaban J connectivity index is 1.99. The summed E-state index contributed by atoms with van der Waals surface area (Å²) in [5.41, 5.74) is 8.53. The Morgan fingerprint density at radius 2 is 1.53 bits per heavy atom. The van der Waals surface area contributed by atoms with E-state index in [0.717, 1.165) is 5.92 Å². The van der Waals surface area contributed by atoms with E-state index in [1.807, 2.05) is 0 Å². The predicted octanol–water partition coefficient (Wildman–Crippen LogP) is 7.18. The number of imidazole rings is 1. The topological polar surface area (TPSA) is 8.81 Å². The number of benzene rings is 2. The highest BCUT2D eigenvalue weighted by Gasteiger charge is 2.29. The summed E-state index contributed by atoms with van der Waals surface area (Å²) in [7, 11) is 2.16. The molecule has 2 nitrogen and oxygen atoms in total. The molecule has 158 valence electrons. The van der Waals surface area contributed by atoms with Crippen molar-refractivity contribution in [3.63, 3.8) is 0 Å². The molecule has 1 aromatic heterocycles. The van der Waals surface area contributed by atoms with Gasteiger partial charge in [-0.2, -0.15) is 4.57 Å². The third-order valence-electron chi connectivity index (χ3n) is 6.89. The van der Waals surface area contributed by atoms with Gasteiger partial charge >= 0.3 is 0 Å². The van der Waals surface area contributed by atoms with Crippen molar-refractivity contribution in [3.8, 4) is 17.1 Å². The van der Waals surface area contributed by atoms with Crippen LogP contribution in [0.1, 0.15) is 93.4 Å². The lowest BCUT2D eigenvalue weighted by Gasteiger charge is -2.22.